The van der Waals surface area contributed by atoms with Gasteiger partial charge in [-0.2, -0.15) is 0 Å². The molecule has 0 aromatic carbocycles. The maximum absolute atomic E-state index is 11.6. The van der Waals surface area contributed by atoms with Gasteiger partial charge in [-0.05, 0) is 6.42 Å². The molecule has 156 valence electrons. The first kappa shape index (κ1) is 25.4. The van der Waals surface area contributed by atoms with Crippen molar-refractivity contribution in [1.29, 1.82) is 0 Å². The standard InChI is InChI=1S/C23H46O3/c1-4-5-6-7-8-9-10-11-12-13-14-15-16-17-18-19-22(25)26-21-23(2,3)20-24/h24H,4-21H2,1-3H3. The second-order valence-corrected chi connectivity index (χ2v) is 8.68. The van der Waals surface area contributed by atoms with Crippen LogP contribution in [0.2, 0.25) is 0 Å². The first-order valence-electron chi connectivity index (χ1n) is 11.3. The van der Waals surface area contributed by atoms with E-state index in [0.717, 1.165) is 12.8 Å². The van der Waals surface area contributed by atoms with Gasteiger partial charge < -0.3 is 9.84 Å². The van der Waals surface area contributed by atoms with Crippen LogP contribution in [0.5, 0.6) is 0 Å². The molecule has 0 fully saturated rings. The summed E-state index contributed by atoms with van der Waals surface area (Å²) >= 11 is 0. The Morgan fingerprint density at radius 2 is 1.12 bits per heavy atom. The van der Waals surface area contributed by atoms with Crippen molar-refractivity contribution in [1.82, 2.24) is 0 Å². The fourth-order valence-corrected chi connectivity index (χ4v) is 3.03. The van der Waals surface area contributed by atoms with Crippen molar-refractivity contribution in [3.8, 4) is 0 Å². The van der Waals surface area contributed by atoms with E-state index < -0.39 is 0 Å². The van der Waals surface area contributed by atoms with Crippen molar-refractivity contribution >= 4 is 5.97 Å². The van der Waals surface area contributed by atoms with E-state index in [4.69, 9.17) is 9.84 Å². The largest absolute Gasteiger partial charge is 0.465 e. The van der Waals surface area contributed by atoms with Crippen LogP contribution in [0.3, 0.4) is 0 Å². The van der Waals surface area contributed by atoms with Crippen LogP contribution in [0.15, 0.2) is 0 Å². The Morgan fingerprint density at radius 1 is 0.731 bits per heavy atom. The molecule has 3 heteroatoms. The molecule has 3 nitrogen and oxygen atoms in total. The van der Waals surface area contributed by atoms with E-state index in [1.54, 1.807) is 0 Å². The van der Waals surface area contributed by atoms with Crippen molar-refractivity contribution in [2.45, 2.75) is 124 Å². The Labute approximate surface area is 163 Å². The molecule has 0 rings (SSSR count). The summed E-state index contributed by atoms with van der Waals surface area (Å²) in [6.07, 6.45) is 20.5. The molecule has 0 aliphatic carbocycles. The number of rotatable bonds is 19. The number of hydrogen-bond donors (Lipinski definition) is 1. The zero-order valence-corrected chi connectivity index (χ0v) is 18.0. The van der Waals surface area contributed by atoms with Gasteiger partial charge in [0, 0.05) is 11.8 Å². The maximum atomic E-state index is 11.6. The molecule has 26 heavy (non-hydrogen) atoms. The summed E-state index contributed by atoms with van der Waals surface area (Å²) in [6, 6.07) is 0. The fourth-order valence-electron chi connectivity index (χ4n) is 3.03. The van der Waals surface area contributed by atoms with E-state index in [-0.39, 0.29) is 18.0 Å². The molecular formula is C23H46O3. The molecule has 0 bridgehead atoms. The van der Waals surface area contributed by atoms with Crippen LogP contribution >= 0.6 is 0 Å². The van der Waals surface area contributed by atoms with E-state index in [2.05, 4.69) is 6.92 Å². The molecule has 0 aliphatic rings. The number of hydrogen-bond acceptors (Lipinski definition) is 3. The SMILES string of the molecule is CCCCCCCCCCCCCCCCCC(=O)OCC(C)(C)CO. The summed E-state index contributed by atoms with van der Waals surface area (Å²) < 4.78 is 5.22. The van der Waals surface area contributed by atoms with E-state index in [1.807, 2.05) is 13.8 Å². The third-order valence-corrected chi connectivity index (χ3v) is 5.04. The van der Waals surface area contributed by atoms with Crippen LogP contribution in [0, 0.1) is 5.41 Å². The second kappa shape index (κ2) is 17.8. The summed E-state index contributed by atoms with van der Waals surface area (Å²) in [6.45, 7) is 6.41. The highest BCUT2D eigenvalue weighted by Crippen LogP contribution is 2.16. The minimum absolute atomic E-state index is 0.0409. The number of carbonyl (C=O) groups excluding carboxylic acids is 1. The van der Waals surface area contributed by atoms with Gasteiger partial charge in [-0.25, -0.2) is 0 Å². The van der Waals surface area contributed by atoms with E-state index >= 15 is 0 Å². The van der Waals surface area contributed by atoms with Crippen LogP contribution < -0.4 is 0 Å². The van der Waals surface area contributed by atoms with Crippen molar-refractivity contribution in [3.05, 3.63) is 0 Å². The molecule has 0 radical (unpaired) electrons. The van der Waals surface area contributed by atoms with Crippen LogP contribution in [0.1, 0.15) is 124 Å². The van der Waals surface area contributed by atoms with E-state index in [9.17, 15) is 4.79 Å². The average molecular weight is 371 g/mol. The Bertz CT molecular complexity index is 313. The number of esters is 1. The normalized spacial score (nSPS) is 11.7. The van der Waals surface area contributed by atoms with Gasteiger partial charge in [-0.1, -0.05) is 111 Å². The smallest absolute Gasteiger partial charge is 0.305 e. The molecule has 0 spiro atoms. The Balaban J connectivity index is 3.21. The van der Waals surface area contributed by atoms with Crippen LogP contribution in [-0.2, 0) is 9.53 Å². The lowest BCUT2D eigenvalue weighted by atomic mass is 9.96. The van der Waals surface area contributed by atoms with Crippen LogP contribution in [0.4, 0.5) is 0 Å². The fraction of sp³-hybridized carbons (Fsp3) is 0.957. The summed E-state index contributed by atoms with van der Waals surface area (Å²) in [4.78, 5) is 11.6. The number of ether oxygens (including phenoxy) is 1. The number of unbranched alkanes of at least 4 members (excludes halogenated alkanes) is 14. The van der Waals surface area contributed by atoms with Gasteiger partial charge in [-0.3, -0.25) is 4.79 Å². The lowest BCUT2D eigenvalue weighted by Crippen LogP contribution is -2.25. The Morgan fingerprint density at radius 3 is 1.50 bits per heavy atom. The monoisotopic (exact) mass is 370 g/mol. The first-order chi connectivity index (χ1) is 12.5. The van der Waals surface area contributed by atoms with Gasteiger partial charge >= 0.3 is 5.97 Å². The van der Waals surface area contributed by atoms with Gasteiger partial charge in [-0.15, -0.1) is 0 Å². The molecule has 0 atom stereocenters. The Hall–Kier alpha value is -0.570. The molecule has 0 saturated carbocycles. The highest BCUT2D eigenvalue weighted by Gasteiger charge is 2.18. The average Bonchev–Trinajstić information content (AvgIpc) is 2.63. The minimum Gasteiger partial charge on any atom is -0.465 e. The van der Waals surface area contributed by atoms with Crippen LogP contribution in [-0.4, -0.2) is 24.3 Å². The molecular weight excluding hydrogens is 324 g/mol. The molecule has 0 aromatic heterocycles. The topological polar surface area (TPSA) is 46.5 Å². The summed E-state index contributed by atoms with van der Waals surface area (Å²) in [7, 11) is 0. The van der Waals surface area contributed by atoms with Crippen molar-refractivity contribution < 1.29 is 14.6 Å². The first-order valence-corrected chi connectivity index (χ1v) is 11.3. The third-order valence-electron chi connectivity index (χ3n) is 5.04. The zero-order valence-electron chi connectivity index (χ0n) is 18.0. The molecule has 0 saturated heterocycles. The predicted octanol–water partition coefficient (Wildman–Crippen LogP) is 6.81. The highest BCUT2D eigenvalue weighted by atomic mass is 16.5. The van der Waals surface area contributed by atoms with Crippen molar-refractivity contribution in [2.24, 2.45) is 5.41 Å². The quantitative estimate of drug-likeness (QED) is 0.201. The molecule has 0 amide bonds. The van der Waals surface area contributed by atoms with Crippen molar-refractivity contribution in [3.63, 3.8) is 0 Å². The molecule has 0 heterocycles. The molecule has 0 aromatic rings. The van der Waals surface area contributed by atoms with Gasteiger partial charge in [0.2, 0.25) is 0 Å². The van der Waals surface area contributed by atoms with Crippen molar-refractivity contribution in [2.75, 3.05) is 13.2 Å². The zero-order chi connectivity index (χ0) is 19.5. The number of aliphatic hydroxyl groups excluding tert-OH is 1. The van der Waals surface area contributed by atoms with Gasteiger partial charge in [0.15, 0.2) is 0 Å². The van der Waals surface area contributed by atoms with Gasteiger partial charge in [0.05, 0.1) is 13.2 Å². The predicted molar refractivity (Wildman–Crippen MR) is 111 cm³/mol. The summed E-state index contributed by atoms with van der Waals surface area (Å²) in [5.74, 6) is -0.124. The lowest BCUT2D eigenvalue weighted by molar-refractivity contribution is -0.147. The highest BCUT2D eigenvalue weighted by molar-refractivity contribution is 5.69. The maximum Gasteiger partial charge on any atom is 0.305 e. The number of carbonyl (C=O) groups is 1. The molecule has 1 N–H and O–H groups in total. The molecule has 0 unspecified atom stereocenters. The van der Waals surface area contributed by atoms with Gasteiger partial charge in [0.1, 0.15) is 0 Å². The van der Waals surface area contributed by atoms with Gasteiger partial charge in [0.25, 0.3) is 0 Å². The summed E-state index contributed by atoms with van der Waals surface area (Å²) in [5.41, 5.74) is -0.329. The minimum atomic E-state index is -0.329. The third kappa shape index (κ3) is 18.2. The number of aliphatic hydroxyl groups is 1. The van der Waals surface area contributed by atoms with Crippen LogP contribution in [0.25, 0.3) is 0 Å². The second-order valence-electron chi connectivity index (χ2n) is 8.68. The summed E-state index contributed by atoms with van der Waals surface area (Å²) in [5, 5.41) is 9.13. The van der Waals surface area contributed by atoms with E-state index in [0.29, 0.717) is 13.0 Å². The Kier molecular flexibility index (Phi) is 17.4. The lowest BCUT2D eigenvalue weighted by Gasteiger charge is -2.20. The molecule has 0 aliphatic heterocycles. The van der Waals surface area contributed by atoms with E-state index in [1.165, 1.54) is 83.5 Å².